The highest BCUT2D eigenvalue weighted by Gasteiger charge is 2.47. The number of carbonyl (C=O) groups excluding carboxylic acids is 2. The number of halogens is 2. The van der Waals surface area contributed by atoms with Crippen LogP contribution in [-0.4, -0.2) is 16.8 Å². The minimum atomic E-state index is -0.988. The number of hydrogen-bond donors (Lipinski definition) is 1. The number of amides is 1. The summed E-state index contributed by atoms with van der Waals surface area (Å²) in [7, 11) is 0. The Bertz CT molecular complexity index is 1480. The maximum atomic E-state index is 13.6. The number of hydrogen-bond acceptors (Lipinski definition) is 5. The Hall–Kier alpha value is -3.29. The topological polar surface area (TPSA) is 83.9 Å². The SMILES string of the molecule is Cc1ccc(C2C(C(=O)c3cc4cc(Br)ccc4o3)=C(O)C(=O)N2c2ccc(C)c(Cl)c2)o1. The second kappa shape index (κ2) is 7.93. The fraction of sp³-hybridized carbons (Fsp3) is 0.120. The van der Waals surface area contributed by atoms with Gasteiger partial charge in [0, 0.05) is 20.6 Å². The number of anilines is 1. The molecular formula is C25H17BrClNO5. The molecule has 1 N–H and O–H groups in total. The molecule has 5 rings (SSSR count). The number of ketones is 1. The van der Waals surface area contributed by atoms with Gasteiger partial charge in [0.1, 0.15) is 23.1 Å². The number of carbonyl (C=O) groups is 2. The fourth-order valence-corrected chi connectivity index (χ4v) is 4.52. The van der Waals surface area contributed by atoms with Crippen LogP contribution in [0.3, 0.4) is 0 Å². The van der Waals surface area contributed by atoms with Gasteiger partial charge in [0.2, 0.25) is 5.78 Å². The Labute approximate surface area is 202 Å². The van der Waals surface area contributed by atoms with E-state index in [1.807, 2.05) is 13.0 Å². The molecule has 0 saturated carbocycles. The van der Waals surface area contributed by atoms with E-state index >= 15 is 0 Å². The normalized spacial score (nSPS) is 16.3. The summed E-state index contributed by atoms with van der Waals surface area (Å²) in [5.74, 6) is -1.04. The lowest BCUT2D eigenvalue weighted by molar-refractivity contribution is -0.117. The standard InChI is InChI=1S/C25H17BrClNO5/c1-12-3-6-16(11-17(12)27)28-22(19-7-4-13(2)32-19)21(24(30)25(28)31)23(29)20-10-14-9-15(26)5-8-18(14)33-20/h3-11,22,30H,1-2H3. The molecule has 1 unspecified atom stereocenters. The average Bonchev–Trinajstić information content (AvgIpc) is 3.46. The Balaban J connectivity index is 1.65. The third kappa shape index (κ3) is 3.57. The first-order valence-electron chi connectivity index (χ1n) is 10.1. The lowest BCUT2D eigenvalue weighted by Gasteiger charge is -2.25. The molecule has 6 nitrogen and oxygen atoms in total. The van der Waals surface area contributed by atoms with Crippen LogP contribution in [0.5, 0.6) is 0 Å². The van der Waals surface area contributed by atoms with Gasteiger partial charge in [-0.3, -0.25) is 14.5 Å². The van der Waals surface area contributed by atoms with Crippen molar-refractivity contribution < 1.29 is 23.5 Å². The van der Waals surface area contributed by atoms with Gasteiger partial charge >= 0.3 is 0 Å². The molecule has 2 aromatic heterocycles. The number of aliphatic hydroxyl groups is 1. The van der Waals surface area contributed by atoms with Gasteiger partial charge in [-0.05, 0) is 67.9 Å². The van der Waals surface area contributed by atoms with E-state index in [1.165, 1.54) is 4.90 Å². The summed E-state index contributed by atoms with van der Waals surface area (Å²) in [6.45, 7) is 3.60. The molecule has 4 aromatic rings. The molecule has 0 fully saturated rings. The van der Waals surface area contributed by atoms with Gasteiger partial charge in [-0.2, -0.15) is 0 Å². The highest BCUT2D eigenvalue weighted by atomic mass is 79.9. The van der Waals surface area contributed by atoms with E-state index in [9.17, 15) is 14.7 Å². The second-order valence-corrected chi connectivity index (χ2v) is 9.17. The Morgan fingerprint density at radius 2 is 1.85 bits per heavy atom. The molecule has 0 saturated heterocycles. The van der Waals surface area contributed by atoms with Crippen LogP contribution in [0.2, 0.25) is 5.02 Å². The average molecular weight is 527 g/mol. The van der Waals surface area contributed by atoms with Crippen molar-refractivity contribution in [3.05, 3.63) is 98.3 Å². The zero-order valence-electron chi connectivity index (χ0n) is 17.6. The van der Waals surface area contributed by atoms with Crippen molar-refractivity contribution in [2.24, 2.45) is 0 Å². The summed E-state index contributed by atoms with van der Waals surface area (Å²) in [6.07, 6.45) is 0. The first-order valence-corrected chi connectivity index (χ1v) is 11.2. The Kier molecular flexibility index (Phi) is 5.18. The zero-order chi connectivity index (χ0) is 23.4. The van der Waals surface area contributed by atoms with E-state index in [4.69, 9.17) is 20.4 Å². The molecule has 33 heavy (non-hydrogen) atoms. The van der Waals surface area contributed by atoms with Crippen LogP contribution in [0.4, 0.5) is 5.69 Å². The minimum Gasteiger partial charge on any atom is -0.503 e. The van der Waals surface area contributed by atoms with E-state index in [0.717, 1.165) is 10.0 Å². The Morgan fingerprint density at radius 3 is 2.55 bits per heavy atom. The van der Waals surface area contributed by atoms with Gasteiger partial charge in [0.05, 0.1) is 5.57 Å². The fourth-order valence-electron chi connectivity index (χ4n) is 3.96. The highest BCUT2D eigenvalue weighted by molar-refractivity contribution is 9.10. The van der Waals surface area contributed by atoms with E-state index in [-0.39, 0.29) is 11.3 Å². The molecule has 8 heteroatoms. The van der Waals surface area contributed by atoms with Crippen molar-refractivity contribution in [2.45, 2.75) is 19.9 Å². The van der Waals surface area contributed by atoms with E-state index in [0.29, 0.717) is 33.2 Å². The number of fused-ring (bicyclic) bond motifs is 1. The number of aryl methyl sites for hydroxylation is 2. The van der Waals surface area contributed by atoms with Crippen molar-refractivity contribution in [3.63, 3.8) is 0 Å². The number of rotatable bonds is 4. The van der Waals surface area contributed by atoms with Crippen LogP contribution in [0.15, 0.2) is 79.2 Å². The molecule has 1 amide bonds. The maximum absolute atomic E-state index is 13.6. The van der Waals surface area contributed by atoms with Gasteiger partial charge in [0.15, 0.2) is 11.5 Å². The van der Waals surface area contributed by atoms with Gasteiger partial charge in [0.25, 0.3) is 5.91 Å². The van der Waals surface area contributed by atoms with Gasteiger partial charge < -0.3 is 13.9 Å². The number of Topliss-reactive ketones (excluding diaryl/α,β-unsaturated/α-hetero) is 1. The first-order chi connectivity index (χ1) is 15.7. The van der Waals surface area contributed by atoms with Crippen LogP contribution in [0, 0.1) is 13.8 Å². The highest BCUT2D eigenvalue weighted by Crippen LogP contribution is 2.43. The molecule has 1 aliphatic heterocycles. The Morgan fingerprint density at radius 1 is 1.06 bits per heavy atom. The third-order valence-corrected chi connectivity index (χ3v) is 6.52. The summed E-state index contributed by atoms with van der Waals surface area (Å²) in [6, 6.07) is 14.5. The summed E-state index contributed by atoms with van der Waals surface area (Å²) in [5.41, 5.74) is 1.65. The largest absolute Gasteiger partial charge is 0.503 e. The predicted octanol–water partition coefficient (Wildman–Crippen LogP) is 6.84. The van der Waals surface area contributed by atoms with E-state index in [1.54, 1.807) is 55.5 Å². The van der Waals surface area contributed by atoms with Crippen molar-refractivity contribution in [1.82, 2.24) is 0 Å². The van der Waals surface area contributed by atoms with Gasteiger partial charge in [-0.25, -0.2) is 0 Å². The molecule has 0 bridgehead atoms. The van der Waals surface area contributed by atoms with Crippen LogP contribution in [0.25, 0.3) is 11.0 Å². The molecule has 0 aliphatic carbocycles. The number of aliphatic hydroxyl groups excluding tert-OH is 1. The van der Waals surface area contributed by atoms with Gasteiger partial charge in [-0.1, -0.05) is 33.6 Å². The van der Waals surface area contributed by atoms with Crippen molar-refractivity contribution in [1.29, 1.82) is 0 Å². The number of benzene rings is 2. The minimum absolute atomic E-state index is 0.00881. The summed E-state index contributed by atoms with van der Waals surface area (Å²) < 4.78 is 12.4. The summed E-state index contributed by atoms with van der Waals surface area (Å²) >= 11 is 9.70. The number of nitrogens with zero attached hydrogens (tertiary/aromatic N) is 1. The molecule has 1 aliphatic rings. The molecule has 0 radical (unpaired) electrons. The molecule has 166 valence electrons. The first kappa shape index (κ1) is 21.6. The molecule has 2 aromatic carbocycles. The van der Waals surface area contributed by atoms with E-state index < -0.39 is 23.5 Å². The molecule has 1 atom stereocenters. The van der Waals surface area contributed by atoms with Crippen LogP contribution < -0.4 is 4.90 Å². The van der Waals surface area contributed by atoms with Crippen molar-refractivity contribution in [3.8, 4) is 0 Å². The molecule has 0 spiro atoms. The number of furan rings is 2. The van der Waals surface area contributed by atoms with E-state index in [2.05, 4.69) is 15.9 Å². The van der Waals surface area contributed by atoms with Crippen molar-refractivity contribution >= 4 is 55.9 Å². The summed E-state index contributed by atoms with van der Waals surface area (Å²) in [5, 5.41) is 12.0. The quantitative estimate of drug-likeness (QED) is 0.294. The lowest BCUT2D eigenvalue weighted by Crippen LogP contribution is -2.30. The second-order valence-electron chi connectivity index (χ2n) is 7.84. The third-order valence-electron chi connectivity index (χ3n) is 5.62. The van der Waals surface area contributed by atoms with Crippen LogP contribution in [0.1, 0.15) is 33.7 Å². The lowest BCUT2D eigenvalue weighted by atomic mass is 9.99. The van der Waals surface area contributed by atoms with Crippen LogP contribution >= 0.6 is 27.5 Å². The molecule has 3 heterocycles. The smallest absolute Gasteiger partial charge is 0.294 e. The van der Waals surface area contributed by atoms with Crippen molar-refractivity contribution in [2.75, 3.05) is 4.90 Å². The maximum Gasteiger partial charge on any atom is 0.294 e. The predicted molar refractivity (Wildman–Crippen MR) is 128 cm³/mol. The van der Waals surface area contributed by atoms with Gasteiger partial charge in [-0.15, -0.1) is 0 Å². The summed E-state index contributed by atoms with van der Waals surface area (Å²) in [4.78, 5) is 28.1. The monoisotopic (exact) mass is 525 g/mol. The van der Waals surface area contributed by atoms with Crippen LogP contribution in [-0.2, 0) is 4.79 Å². The zero-order valence-corrected chi connectivity index (χ0v) is 19.9. The molecular weight excluding hydrogens is 510 g/mol.